The maximum Gasteiger partial charge on any atom is 0.0220 e. The Bertz CT molecular complexity index is 318. The molecule has 0 atom stereocenters. The Morgan fingerprint density at radius 3 is 2.75 bits per heavy atom. The molecule has 1 aromatic carbocycles. The van der Waals surface area contributed by atoms with Gasteiger partial charge in [0.2, 0.25) is 0 Å². The molecular formula is C12H18BrIN2. The number of hydrogen-bond donors (Lipinski definition) is 2. The quantitative estimate of drug-likeness (QED) is 0.546. The van der Waals surface area contributed by atoms with Crippen molar-refractivity contribution in [3.63, 3.8) is 0 Å². The number of nitrogens with one attached hydrogen (secondary N) is 2. The van der Waals surface area contributed by atoms with Crippen LogP contribution in [0.15, 0.2) is 22.7 Å². The zero-order chi connectivity index (χ0) is 11.8. The monoisotopic (exact) mass is 396 g/mol. The zero-order valence-corrected chi connectivity index (χ0v) is 13.3. The summed E-state index contributed by atoms with van der Waals surface area (Å²) in [6.07, 6.45) is 1.18. The van der Waals surface area contributed by atoms with Gasteiger partial charge >= 0.3 is 0 Å². The third-order valence-electron chi connectivity index (χ3n) is 2.28. The Hall–Kier alpha value is 0.350. The van der Waals surface area contributed by atoms with E-state index in [1.165, 1.54) is 20.0 Å². The van der Waals surface area contributed by atoms with Gasteiger partial charge in [-0.1, -0.05) is 22.9 Å². The summed E-state index contributed by atoms with van der Waals surface area (Å²) in [6.45, 7) is 6.28. The molecule has 0 bridgehead atoms. The van der Waals surface area contributed by atoms with Crippen molar-refractivity contribution in [1.82, 2.24) is 10.6 Å². The molecule has 0 unspecified atom stereocenters. The molecule has 0 saturated heterocycles. The van der Waals surface area contributed by atoms with Gasteiger partial charge in [0.25, 0.3) is 0 Å². The first-order valence-electron chi connectivity index (χ1n) is 5.59. The molecule has 4 heteroatoms. The van der Waals surface area contributed by atoms with E-state index in [1.807, 2.05) is 0 Å². The van der Waals surface area contributed by atoms with E-state index in [0.29, 0.717) is 0 Å². The maximum absolute atomic E-state index is 3.57. The first-order chi connectivity index (χ1) is 7.74. The molecular weight excluding hydrogens is 379 g/mol. The summed E-state index contributed by atoms with van der Waals surface area (Å²) in [5.41, 5.74) is 1.33. The summed E-state index contributed by atoms with van der Waals surface area (Å²) < 4.78 is 2.47. The molecule has 0 spiro atoms. The summed E-state index contributed by atoms with van der Waals surface area (Å²) in [7, 11) is 0. The predicted molar refractivity (Wildman–Crippen MR) is 81.7 cm³/mol. The molecule has 2 nitrogen and oxygen atoms in total. The Morgan fingerprint density at radius 1 is 1.25 bits per heavy atom. The smallest absolute Gasteiger partial charge is 0.0220 e. The molecule has 1 rings (SSSR count). The minimum atomic E-state index is 0.934. The molecule has 90 valence electrons. The normalized spacial score (nSPS) is 10.7. The third kappa shape index (κ3) is 5.61. The van der Waals surface area contributed by atoms with E-state index in [9.17, 15) is 0 Å². The number of hydrogen-bond acceptors (Lipinski definition) is 2. The second kappa shape index (κ2) is 8.44. The average molecular weight is 397 g/mol. The van der Waals surface area contributed by atoms with Crippen molar-refractivity contribution < 1.29 is 0 Å². The van der Waals surface area contributed by atoms with Crippen LogP contribution in [-0.4, -0.2) is 19.6 Å². The minimum Gasteiger partial charge on any atom is -0.317 e. The highest BCUT2D eigenvalue weighted by Gasteiger charge is 1.99. The van der Waals surface area contributed by atoms with Crippen LogP contribution in [0.3, 0.4) is 0 Å². The van der Waals surface area contributed by atoms with Crippen molar-refractivity contribution in [3.05, 3.63) is 31.8 Å². The van der Waals surface area contributed by atoms with Crippen molar-refractivity contribution in [3.8, 4) is 0 Å². The average Bonchev–Trinajstić information content (AvgIpc) is 2.28. The molecule has 0 aliphatic carbocycles. The standard InChI is InChI=1S/C12H18BrIN2/c1-2-15-6-3-7-16-9-10-8-11(14)4-5-12(10)13/h4-5,8,15-16H,2-3,6-7,9H2,1H3. The summed E-state index contributed by atoms with van der Waals surface area (Å²) >= 11 is 5.91. The van der Waals surface area contributed by atoms with Crippen molar-refractivity contribution in [2.75, 3.05) is 19.6 Å². The highest BCUT2D eigenvalue weighted by atomic mass is 127. The van der Waals surface area contributed by atoms with Crippen LogP contribution >= 0.6 is 38.5 Å². The molecule has 0 saturated carbocycles. The lowest BCUT2D eigenvalue weighted by atomic mass is 10.2. The van der Waals surface area contributed by atoms with Gasteiger partial charge in [-0.25, -0.2) is 0 Å². The van der Waals surface area contributed by atoms with E-state index in [4.69, 9.17) is 0 Å². The molecule has 2 N–H and O–H groups in total. The van der Waals surface area contributed by atoms with E-state index in [2.05, 4.69) is 74.3 Å². The predicted octanol–water partition coefficient (Wildman–Crippen LogP) is 3.14. The van der Waals surface area contributed by atoms with Gasteiger partial charge in [0, 0.05) is 14.6 Å². The molecule has 0 fully saturated rings. The van der Waals surface area contributed by atoms with Gasteiger partial charge in [0.15, 0.2) is 0 Å². The summed E-state index contributed by atoms with van der Waals surface area (Å²) in [4.78, 5) is 0. The van der Waals surface area contributed by atoms with Crippen molar-refractivity contribution in [1.29, 1.82) is 0 Å². The molecule has 1 aromatic rings. The fraction of sp³-hybridized carbons (Fsp3) is 0.500. The lowest BCUT2D eigenvalue weighted by Gasteiger charge is -2.07. The molecule has 0 aliphatic rings. The van der Waals surface area contributed by atoms with Crippen LogP contribution in [0.5, 0.6) is 0 Å². The minimum absolute atomic E-state index is 0.934. The highest BCUT2D eigenvalue weighted by molar-refractivity contribution is 14.1. The van der Waals surface area contributed by atoms with Crippen LogP contribution in [0.1, 0.15) is 18.9 Å². The van der Waals surface area contributed by atoms with Crippen LogP contribution in [0.25, 0.3) is 0 Å². The van der Waals surface area contributed by atoms with Gasteiger partial charge in [-0.3, -0.25) is 0 Å². The van der Waals surface area contributed by atoms with Gasteiger partial charge < -0.3 is 10.6 Å². The molecule has 0 radical (unpaired) electrons. The summed E-state index contributed by atoms with van der Waals surface area (Å²) in [5, 5.41) is 6.77. The second-order valence-corrected chi connectivity index (χ2v) is 5.72. The number of rotatable bonds is 7. The van der Waals surface area contributed by atoms with Crippen LogP contribution < -0.4 is 10.6 Å². The van der Waals surface area contributed by atoms with Crippen molar-refractivity contribution in [2.24, 2.45) is 0 Å². The van der Waals surface area contributed by atoms with Gasteiger partial charge in [-0.15, -0.1) is 0 Å². The Labute approximate surface area is 120 Å². The molecule has 0 aliphatic heterocycles. The van der Waals surface area contributed by atoms with Gasteiger partial charge in [0.05, 0.1) is 0 Å². The molecule has 0 aromatic heterocycles. The van der Waals surface area contributed by atoms with Crippen LogP contribution in [-0.2, 0) is 6.54 Å². The molecule has 0 heterocycles. The van der Waals surface area contributed by atoms with Crippen LogP contribution in [0, 0.1) is 3.57 Å². The summed E-state index contributed by atoms with van der Waals surface area (Å²) in [6, 6.07) is 6.43. The van der Waals surface area contributed by atoms with E-state index >= 15 is 0 Å². The Morgan fingerprint density at radius 2 is 2.00 bits per heavy atom. The lowest BCUT2D eigenvalue weighted by Crippen LogP contribution is -2.21. The molecule has 16 heavy (non-hydrogen) atoms. The first-order valence-corrected chi connectivity index (χ1v) is 7.46. The number of halogens is 2. The zero-order valence-electron chi connectivity index (χ0n) is 9.52. The SMILES string of the molecule is CCNCCCNCc1cc(I)ccc1Br. The summed E-state index contributed by atoms with van der Waals surface area (Å²) in [5.74, 6) is 0. The van der Waals surface area contributed by atoms with E-state index in [1.54, 1.807) is 0 Å². The highest BCUT2D eigenvalue weighted by Crippen LogP contribution is 2.19. The van der Waals surface area contributed by atoms with Crippen molar-refractivity contribution >= 4 is 38.5 Å². The van der Waals surface area contributed by atoms with Crippen LogP contribution in [0.2, 0.25) is 0 Å². The fourth-order valence-corrected chi connectivity index (χ4v) is 2.36. The molecule has 0 amide bonds. The maximum atomic E-state index is 3.57. The third-order valence-corrected chi connectivity index (χ3v) is 3.72. The van der Waals surface area contributed by atoms with Gasteiger partial charge in [-0.05, 0) is 72.4 Å². The fourth-order valence-electron chi connectivity index (χ4n) is 1.42. The van der Waals surface area contributed by atoms with Crippen LogP contribution in [0.4, 0.5) is 0 Å². The number of benzene rings is 1. The second-order valence-electron chi connectivity index (χ2n) is 3.62. The van der Waals surface area contributed by atoms with E-state index in [-0.39, 0.29) is 0 Å². The Balaban J connectivity index is 2.23. The lowest BCUT2D eigenvalue weighted by molar-refractivity contribution is 0.605. The van der Waals surface area contributed by atoms with E-state index < -0.39 is 0 Å². The van der Waals surface area contributed by atoms with Gasteiger partial charge in [-0.2, -0.15) is 0 Å². The van der Waals surface area contributed by atoms with Crippen molar-refractivity contribution in [2.45, 2.75) is 19.9 Å². The Kier molecular flexibility index (Phi) is 7.60. The first kappa shape index (κ1) is 14.4. The van der Waals surface area contributed by atoms with E-state index in [0.717, 1.165) is 26.2 Å². The largest absolute Gasteiger partial charge is 0.317 e. The van der Waals surface area contributed by atoms with Gasteiger partial charge in [0.1, 0.15) is 0 Å². The topological polar surface area (TPSA) is 24.1 Å².